The Morgan fingerprint density at radius 2 is 1.95 bits per heavy atom. The SMILES string of the molecule is Cc1cc(N)cnc1Sc1ccc2c(c1)OCCCO2. The number of pyridine rings is 1. The van der Waals surface area contributed by atoms with Crippen LogP contribution in [-0.2, 0) is 0 Å². The van der Waals surface area contributed by atoms with Gasteiger partial charge in [-0.3, -0.25) is 0 Å². The average molecular weight is 288 g/mol. The van der Waals surface area contributed by atoms with E-state index in [-0.39, 0.29) is 0 Å². The molecule has 104 valence electrons. The Morgan fingerprint density at radius 1 is 1.15 bits per heavy atom. The lowest BCUT2D eigenvalue weighted by Crippen LogP contribution is -1.97. The molecule has 2 aromatic rings. The van der Waals surface area contributed by atoms with Crippen molar-refractivity contribution in [2.45, 2.75) is 23.3 Å². The van der Waals surface area contributed by atoms with Gasteiger partial charge in [-0.25, -0.2) is 4.98 Å². The number of rotatable bonds is 2. The molecule has 0 unspecified atom stereocenters. The molecule has 0 bridgehead atoms. The molecular formula is C15H16N2O2S. The van der Waals surface area contributed by atoms with Crippen molar-refractivity contribution in [3.05, 3.63) is 36.0 Å². The van der Waals surface area contributed by atoms with Crippen LogP contribution in [-0.4, -0.2) is 18.2 Å². The van der Waals surface area contributed by atoms with Crippen LogP contribution in [0, 0.1) is 6.92 Å². The fourth-order valence-corrected chi connectivity index (χ4v) is 2.86. The zero-order chi connectivity index (χ0) is 13.9. The second kappa shape index (κ2) is 5.63. The van der Waals surface area contributed by atoms with Crippen LogP contribution in [0.2, 0.25) is 0 Å². The van der Waals surface area contributed by atoms with Crippen molar-refractivity contribution in [1.29, 1.82) is 0 Å². The van der Waals surface area contributed by atoms with E-state index in [1.54, 1.807) is 18.0 Å². The van der Waals surface area contributed by atoms with Crippen molar-refractivity contribution in [3.63, 3.8) is 0 Å². The molecule has 0 saturated carbocycles. The van der Waals surface area contributed by atoms with Crippen molar-refractivity contribution in [2.75, 3.05) is 18.9 Å². The van der Waals surface area contributed by atoms with Crippen LogP contribution < -0.4 is 15.2 Å². The topological polar surface area (TPSA) is 57.4 Å². The van der Waals surface area contributed by atoms with Crippen molar-refractivity contribution in [3.8, 4) is 11.5 Å². The van der Waals surface area contributed by atoms with Gasteiger partial charge in [0.05, 0.1) is 25.1 Å². The summed E-state index contributed by atoms with van der Waals surface area (Å²) in [5, 5.41) is 0.952. The molecule has 20 heavy (non-hydrogen) atoms. The highest BCUT2D eigenvalue weighted by molar-refractivity contribution is 7.99. The van der Waals surface area contributed by atoms with Gasteiger partial charge in [-0.05, 0) is 36.8 Å². The van der Waals surface area contributed by atoms with Crippen LogP contribution in [0.5, 0.6) is 11.5 Å². The molecule has 2 heterocycles. The highest BCUT2D eigenvalue weighted by atomic mass is 32.2. The fourth-order valence-electron chi connectivity index (χ4n) is 2.01. The standard InChI is InChI=1S/C15H16N2O2S/c1-10-7-11(16)9-17-15(10)20-12-3-4-13-14(8-12)19-6-2-5-18-13/h3-4,7-9H,2,5-6,16H2,1H3. The number of nitrogens with zero attached hydrogens (tertiary/aromatic N) is 1. The van der Waals surface area contributed by atoms with E-state index in [1.807, 2.05) is 31.2 Å². The van der Waals surface area contributed by atoms with Crippen molar-refractivity contribution >= 4 is 17.4 Å². The third kappa shape index (κ3) is 2.82. The van der Waals surface area contributed by atoms with E-state index in [0.717, 1.165) is 33.4 Å². The molecule has 0 atom stereocenters. The van der Waals surface area contributed by atoms with Crippen molar-refractivity contribution in [2.24, 2.45) is 0 Å². The van der Waals surface area contributed by atoms with E-state index in [9.17, 15) is 0 Å². The number of aromatic nitrogens is 1. The number of fused-ring (bicyclic) bond motifs is 1. The molecular weight excluding hydrogens is 272 g/mol. The second-order valence-electron chi connectivity index (χ2n) is 4.65. The van der Waals surface area contributed by atoms with Crippen LogP contribution in [0.25, 0.3) is 0 Å². The minimum Gasteiger partial charge on any atom is -0.490 e. The highest BCUT2D eigenvalue weighted by Gasteiger charge is 2.12. The van der Waals surface area contributed by atoms with Gasteiger partial charge in [0.1, 0.15) is 5.03 Å². The number of benzene rings is 1. The lowest BCUT2D eigenvalue weighted by molar-refractivity contribution is 0.297. The maximum absolute atomic E-state index is 5.72. The Bertz CT molecular complexity index is 631. The van der Waals surface area contributed by atoms with E-state index in [1.165, 1.54) is 0 Å². The number of nitrogen functional groups attached to an aromatic ring is 1. The van der Waals surface area contributed by atoms with E-state index in [4.69, 9.17) is 15.2 Å². The predicted octanol–water partition coefficient (Wildman–Crippen LogP) is 3.28. The largest absolute Gasteiger partial charge is 0.490 e. The quantitative estimate of drug-likeness (QED) is 0.919. The van der Waals surface area contributed by atoms with Gasteiger partial charge >= 0.3 is 0 Å². The van der Waals surface area contributed by atoms with E-state index >= 15 is 0 Å². The number of hydrogen-bond donors (Lipinski definition) is 1. The Kier molecular flexibility index (Phi) is 3.69. The molecule has 3 rings (SSSR count). The second-order valence-corrected chi connectivity index (χ2v) is 5.71. The molecule has 5 heteroatoms. The summed E-state index contributed by atoms with van der Waals surface area (Å²) in [7, 11) is 0. The summed E-state index contributed by atoms with van der Waals surface area (Å²) in [6.07, 6.45) is 2.59. The monoisotopic (exact) mass is 288 g/mol. The molecule has 2 N–H and O–H groups in total. The van der Waals surface area contributed by atoms with E-state index in [0.29, 0.717) is 18.9 Å². The van der Waals surface area contributed by atoms with Gasteiger partial charge in [0.25, 0.3) is 0 Å². The number of ether oxygens (including phenoxy) is 2. The first-order chi connectivity index (χ1) is 9.72. The first-order valence-electron chi connectivity index (χ1n) is 6.52. The summed E-state index contributed by atoms with van der Waals surface area (Å²) < 4.78 is 11.3. The number of nitrogens with two attached hydrogens (primary N) is 1. The summed E-state index contributed by atoms with van der Waals surface area (Å²) in [4.78, 5) is 5.45. The summed E-state index contributed by atoms with van der Waals surface area (Å²) >= 11 is 1.60. The maximum Gasteiger partial charge on any atom is 0.162 e. The number of aryl methyl sites for hydroxylation is 1. The van der Waals surface area contributed by atoms with Crippen molar-refractivity contribution in [1.82, 2.24) is 4.98 Å². The van der Waals surface area contributed by atoms with Gasteiger partial charge in [0.15, 0.2) is 11.5 Å². The third-order valence-electron chi connectivity index (χ3n) is 2.98. The lowest BCUT2D eigenvalue weighted by atomic mass is 10.3. The predicted molar refractivity (Wildman–Crippen MR) is 79.6 cm³/mol. The van der Waals surface area contributed by atoms with Gasteiger partial charge in [-0.2, -0.15) is 0 Å². The number of anilines is 1. The normalized spacial score (nSPS) is 13.8. The average Bonchev–Trinajstić information content (AvgIpc) is 2.66. The van der Waals surface area contributed by atoms with Gasteiger partial charge in [0, 0.05) is 11.3 Å². The van der Waals surface area contributed by atoms with Crippen LogP contribution in [0.4, 0.5) is 5.69 Å². The molecule has 0 spiro atoms. The Morgan fingerprint density at radius 3 is 2.75 bits per heavy atom. The van der Waals surface area contributed by atoms with Crippen molar-refractivity contribution < 1.29 is 9.47 Å². The molecule has 1 aromatic heterocycles. The minimum atomic E-state index is 0.686. The molecule has 1 aliphatic rings. The van der Waals surface area contributed by atoms with Crippen LogP contribution in [0.3, 0.4) is 0 Å². The Balaban J connectivity index is 1.86. The molecule has 0 aliphatic carbocycles. The summed E-state index contributed by atoms with van der Waals surface area (Å²) in [5.41, 5.74) is 7.48. The Hall–Kier alpha value is -1.88. The maximum atomic E-state index is 5.72. The van der Waals surface area contributed by atoms with Gasteiger partial charge in [-0.15, -0.1) is 0 Å². The van der Waals surface area contributed by atoms with Crippen LogP contribution in [0.15, 0.2) is 40.4 Å². The summed E-state index contributed by atoms with van der Waals surface area (Å²) in [6.45, 7) is 3.41. The van der Waals surface area contributed by atoms with Gasteiger partial charge < -0.3 is 15.2 Å². The molecule has 1 aliphatic heterocycles. The van der Waals surface area contributed by atoms with Gasteiger partial charge in [0.2, 0.25) is 0 Å². The molecule has 0 radical (unpaired) electrons. The molecule has 0 amide bonds. The number of hydrogen-bond acceptors (Lipinski definition) is 5. The first-order valence-corrected chi connectivity index (χ1v) is 7.33. The zero-order valence-electron chi connectivity index (χ0n) is 11.3. The minimum absolute atomic E-state index is 0.686. The third-order valence-corrected chi connectivity index (χ3v) is 4.10. The fraction of sp³-hybridized carbons (Fsp3) is 0.267. The van der Waals surface area contributed by atoms with Crippen LogP contribution in [0.1, 0.15) is 12.0 Å². The molecule has 0 fully saturated rings. The summed E-state index contributed by atoms with van der Waals surface area (Å²) in [5.74, 6) is 1.62. The highest BCUT2D eigenvalue weighted by Crippen LogP contribution is 2.36. The smallest absolute Gasteiger partial charge is 0.162 e. The van der Waals surface area contributed by atoms with Crippen LogP contribution >= 0.6 is 11.8 Å². The van der Waals surface area contributed by atoms with Gasteiger partial charge in [-0.1, -0.05) is 11.8 Å². The Labute approximate surface area is 122 Å². The molecule has 1 aromatic carbocycles. The van der Waals surface area contributed by atoms with E-state index in [2.05, 4.69) is 4.98 Å². The summed E-state index contributed by atoms with van der Waals surface area (Å²) in [6, 6.07) is 7.91. The first kappa shape index (κ1) is 13.1. The molecule has 0 saturated heterocycles. The zero-order valence-corrected chi connectivity index (χ0v) is 12.1. The molecule has 4 nitrogen and oxygen atoms in total. The lowest BCUT2D eigenvalue weighted by Gasteiger charge is -2.10. The van der Waals surface area contributed by atoms with E-state index < -0.39 is 0 Å².